The average Bonchev–Trinajstić information content (AvgIpc) is 3.09. The molecule has 108 valence electrons. The molecule has 1 aromatic rings. The van der Waals surface area contributed by atoms with Crippen LogP contribution in [0.1, 0.15) is 19.8 Å². The topological polar surface area (TPSA) is 67.9 Å². The van der Waals surface area contributed by atoms with Crippen molar-refractivity contribution in [3.05, 3.63) is 46.0 Å². The van der Waals surface area contributed by atoms with Crippen molar-refractivity contribution in [2.24, 2.45) is 0 Å². The van der Waals surface area contributed by atoms with Crippen molar-refractivity contribution in [2.75, 3.05) is 11.4 Å². The molecule has 4 nitrogen and oxygen atoms in total. The zero-order valence-corrected chi connectivity index (χ0v) is 12.9. The Morgan fingerprint density at radius 1 is 1.27 bits per heavy atom. The van der Waals surface area contributed by atoms with Gasteiger partial charge in [-0.1, -0.05) is 23.9 Å². The van der Waals surface area contributed by atoms with E-state index >= 15 is 0 Å². The second-order valence-corrected chi connectivity index (χ2v) is 6.03. The predicted molar refractivity (Wildman–Crippen MR) is 84.8 cm³/mol. The second-order valence-electron chi connectivity index (χ2n) is 4.99. The van der Waals surface area contributed by atoms with Crippen molar-refractivity contribution >= 4 is 23.2 Å². The number of anilines is 1. The minimum absolute atomic E-state index is 0.0717. The van der Waals surface area contributed by atoms with Crippen LogP contribution in [0.15, 0.2) is 50.9 Å². The number of nitrogens with zero attached hydrogens (tertiary/aromatic N) is 3. The monoisotopic (exact) mass is 307 g/mol. The van der Waals surface area contributed by atoms with E-state index < -0.39 is 0 Å². The lowest BCUT2D eigenvalue weighted by Gasteiger charge is -2.20. The summed E-state index contributed by atoms with van der Waals surface area (Å²) in [5.41, 5.74) is 2.20. The van der Waals surface area contributed by atoms with Gasteiger partial charge >= 0.3 is 0 Å². The number of ketones is 1. The van der Waals surface area contributed by atoms with Crippen LogP contribution in [0.3, 0.4) is 0 Å². The first-order valence-electron chi connectivity index (χ1n) is 7.06. The number of para-hydroxylation sites is 1. The molecule has 22 heavy (non-hydrogen) atoms. The van der Waals surface area contributed by atoms with Gasteiger partial charge < -0.3 is 4.90 Å². The molecule has 0 unspecified atom stereocenters. The Labute approximate surface area is 133 Å². The molecule has 1 heterocycles. The number of hydrogen-bond acceptors (Lipinski definition) is 5. The van der Waals surface area contributed by atoms with Crippen LogP contribution in [-0.4, -0.2) is 12.3 Å². The molecule has 2 aliphatic rings. The fourth-order valence-corrected chi connectivity index (χ4v) is 4.17. The number of Topliss-reactive ketones (excluding diaryl/α,β-unsaturated/α-hetero) is 1. The number of benzene rings is 1. The Bertz CT molecular complexity index is 792. The Hall–Kier alpha value is -2.50. The highest BCUT2D eigenvalue weighted by Crippen LogP contribution is 2.50. The normalized spacial score (nSPS) is 19.9. The van der Waals surface area contributed by atoms with Crippen molar-refractivity contribution in [2.45, 2.75) is 24.7 Å². The summed E-state index contributed by atoms with van der Waals surface area (Å²) in [5, 5.41) is 19.3. The van der Waals surface area contributed by atoms with Crippen LogP contribution in [0.5, 0.6) is 0 Å². The smallest absolute Gasteiger partial charge is 0.165 e. The van der Waals surface area contributed by atoms with Crippen LogP contribution in [0.25, 0.3) is 0 Å². The standard InChI is InChI=1S/C17H13N3OS/c1-2-20-13-5-3-4-6-15(13)22-17(20)12-7-8-14(21)16(12)11(9-18)10-19/h3-6H,2,7-8H2,1H3/b17-12-. The molecule has 0 spiro atoms. The lowest BCUT2D eigenvalue weighted by atomic mass is 10.0. The third-order valence-electron chi connectivity index (χ3n) is 3.84. The molecule has 1 fully saturated rings. The lowest BCUT2D eigenvalue weighted by molar-refractivity contribution is -0.114. The molecule has 3 rings (SSSR count). The van der Waals surface area contributed by atoms with Gasteiger partial charge in [-0.25, -0.2) is 0 Å². The van der Waals surface area contributed by atoms with Crippen LogP contribution in [0.2, 0.25) is 0 Å². The first kappa shape index (κ1) is 14.4. The van der Waals surface area contributed by atoms with Crippen LogP contribution in [-0.2, 0) is 4.79 Å². The minimum Gasteiger partial charge on any atom is -0.335 e. The molecule has 1 aliphatic heterocycles. The Morgan fingerprint density at radius 2 is 2.00 bits per heavy atom. The molecule has 0 radical (unpaired) electrons. The summed E-state index contributed by atoms with van der Waals surface area (Å²) in [6.45, 7) is 2.83. The molecule has 0 amide bonds. The van der Waals surface area contributed by atoms with Gasteiger partial charge in [0.05, 0.1) is 16.3 Å². The van der Waals surface area contributed by atoms with Gasteiger partial charge in [-0.05, 0) is 31.1 Å². The van der Waals surface area contributed by atoms with E-state index in [0.717, 1.165) is 27.7 Å². The second kappa shape index (κ2) is 5.71. The van der Waals surface area contributed by atoms with Gasteiger partial charge in [-0.3, -0.25) is 4.79 Å². The zero-order chi connectivity index (χ0) is 15.7. The van der Waals surface area contributed by atoms with E-state index in [1.807, 2.05) is 30.3 Å². The fraction of sp³-hybridized carbons (Fsp3) is 0.235. The van der Waals surface area contributed by atoms with Gasteiger partial charge in [-0.2, -0.15) is 10.5 Å². The number of carbonyl (C=O) groups is 1. The molecule has 1 aromatic carbocycles. The predicted octanol–water partition coefficient (Wildman–Crippen LogP) is 3.54. The highest BCUT2D eigenvalue weighted by molar-refractivity contribution is 8.03. The molecular formula is C17H13N3OS. The van der Waals surface area contributed by atoms with Gasteiger partial charge in [-0.15, -0.1) is 0 Å². The molecule has 1 saturated carbocycles. The third kappa shape index (κ3) is 2.11. The quantitative estimate of drug-likeness (QED) is 0.586. The number of hydrogen-bond donors (Lipinski definition) is 0. The van der Waals surface area contributed by atoms with Crippen molar-refractivity contribution in [1.29, 1.82) is 10.5 Å². The summed E-state index contributed by atoms with van der Waals surface area (Å²) < 4.78 is 0. The maximum atomic E-state index is 12.1. The van der Waals surface area contributed by atoms with E-state index in [1.54, 1.807) is 11.8 Å². The summed E-state index contributed by atoms with van der Waals surface area (Å²) in [7, 11) is 0. The zero-order valence-electron chi connectivity index (χ0n) is 12.1. The number of carbonyl (C=O) groups excluding carboxylic acids is 1. The van der Waals surface area contributed by atoms with Crippen molar-refractivity contribution < 1.29 is 4.79 Å². The van der Waals surface area contributed by atoms with Gasteiger partial charge in [0.15, 0.2) is 5.78 Å². The van der Waals surface area contributed by atoms with Gasteiger partial charge in [0.1, 0.15) is 17.7 Å². The van der Waals surface area contributed by atoms with E-state index in [2.05, 4.69) is 17.9 Å². The molecule has 0 atom stereocenters. The Morgan fingerprint density at radius 3 is 2.68 bits per heavy atom. The first-order valence-corrected chi connectivity index (χ1v) is 7.88. The SMILES string of the molecule is CCN1/C(=C2\CCC(=O)C2=C(C#N)C#N)Sc2ccccc21. The molecule has 0 saturated heterocycles. The van der Waals surface area contributed by atoms with E-state index in [9.17, 15) is 4.79 Å². The largest absolute Gasteiger partial charge is 0.335 e. The highest BCUT2D eigenvalue weighted by atomic mass is 32.2. The van der Waals surface area contributed by atoms with Crippen molar-refractivity contribution in [3.8, 4) is 12.1 Å². The fourth-order valence-electron chi connectivity index (χ4n) is 2.87. The van der Waals surface area contributed by atoms with Crippen LogP contribution in [0, 0.1) is 22.7 Å². The number of fused-ring (bicyclic) bond motifs is 1. The van der Waals surface area contributed by atoms with E-state index in [-0.39, 0.29) is 11.4 Å². The van der Waals surface area contributed by atoms with E-state index in [1.165, 1.54) is 0 Å². The number of allylic oxidation sites excluding steroid dienone is 3. The molecule has 0 aromatic heterocycles. The average molecular weight is 307 g/mol. The van der Waals surface area contributed by atoms with Crippen LogP contribution in [0.4, 0.5) is 5.69 Å². The molecular weight excluding hydrogens is 294 g/mol. The summed E-state index contributed by atoms with van der Waals surface area (Å²) in [5.74, 6) is -0.104. The number of thioether (sulfide) groups is 1. The third-order valence-corrected chi connectivity index (χ3v) is 5.06. The van der Waals surface area contributed by atoms with Gasteiger partial charge in [0.2, 0.25) is 0 Å². The maximum absolute atomic E-state index is 12.1. The molecule has 5 heteroatoms. The molecule has 1 aliphatic carbocycles. The first-order chi connectivity index (χ1) is 10.7. The Balaban J connectivity index is 2.20. The van der Waals surface area contributed by atoms with Gasteiger partial charge in [0, 0.05) is 17.9 Å². The maximum Gasteiger partial charge on any atom is 0.165 e. The number of rotatable bonds is 1. The summed E-state index contributed by atoms with van der Waals surface area (Å²) >= 11 is 1.61. The number of nitriles is 2. The van der Waals surface area contributed by atoms with Crippen LogP contribution >= 0.6 is 11.8 Å². The molecule has 0 N–H and O–H groups in total. The van der Waals surface area contributed by atoms with Crippen LogP contribution < -0.4 is 4.90 Å². The van der Waals surface area contributed by atoms with Crippen molar-refractivity contribution in [1.82, 2.24) is 0 Å². The van der Waals surface area contributed by atoms with E-state index in [4.69, 9.17) is 10.5 Å². The lowest BCUT2D eigenvalue weighted by Crippen LogP contribution is -2.18. The highest BCUT2D eigenvalue weighted by Gasteiger charge is 2.34. The van der Waals surface area contributed by atoms with E-state index in [0.29, 0.717) is 18.4 Å². The summed E-state index contributed by atoms with van der Waals surface area (Å²) in [4.78, 5) is 15.4. The van der Waals surface area contributed by atoms with Gasteiger partial charge in [0.25, 0.3) is 0 Å². The molecule has 0 bridgehead atoms. The summed E-state index contributed by atoms with van der Waals surface area (Å²) in [6.07, 6.45) is 0.962. The Kier molecular flexibility index (Phi) is 3.75. The summed E-state index contributed by atoms with van der Waals surface area (Å²) in [6, 6.07) is 11.8. The van der Waals surface area contributed by atoms with Crippen molar-refractivity contribution in [3.63, 3.8) is 0 Å². The minimum atomic E-state index is -0.104.